The van der Waals surface area contributed by atoms with E-state index in [2.05, 4.69) is 48.6 Å². The molecular weight excluding hydrogens is 184 g/mol. The van der Waals surface area contributed by atoms with Crippen LogP contribution in [0.3, 0.4) is 0 Å². The van der Waals surface area contributed by atoms with Crippen LogP contribution in [0.4, 0.5) is 0 Å². The van der Waals surface area contributed by atoms with Crippen LogP contribution in [0, 0.1) is 5.92 Å². The van der Waals surface area contributed by atoms with Crippen molar-refractivity contribution in [1.82, 2.24) is 0 Å². The van der Waals surface area contributed by atoms with Crippen molar-refractivity contribution < 1.29 is 5.11 Å². The summed E-state index contributed by atoms with van der Waals surface area (Å²) in [6.45, 7) is 0.313. The Labute approximate surface area is 92.5 Å². The SMILES string of the molecule is OCCCC/C=C\CC1C=CC=CC=C1. The van der Waals surface area contributed by atoms with E-state index < -0.39 is 0 Å². The van der Waals surface area contributed by atoms with Gasteiger partial charge in [0.05, 0.1) is 0 Å². The molecule has 0 aromatic rings. The first-order chi connectivity index (χ1) is 7.43. The van der Waals surface area contributed by atoms with Gasteiger partial charge in [-0.15, -0.1) is 0 Å². The highest BCUT2D eigenvalue weighted by molar-refractivity contribution is 5.19. The van der Waals surface area contributed by atoms with Crippen LogP contribution in [0.15, 0.2) is 48.6 Å². The largest absolute Gasteiger partial charge is 0.396 e. The van der Waals surface area contributed by atoms with Crippen molar-refractivity contribution in [3.63, 3.8) is 0 Å². The van der Waals surface area contributed by atoms with Crippen LogP contribution in [0.25, 0.3) is 0 Å². The van der Waals surface area contributed by atoms with Crippen LogP contribution in [0.2, 0.25) is 0 Å². The Kier molecular flexibility index (Phi) is 6.59. The lowest BCUT2D eigenvalue weighted by molar-refractivity contribution is 0.285. The zero-order valence-corrected chi connectivity index (χ0v) is 9.18. The lowest BCUT2D eigenvalue weighted by Crippen LogP contribution is -1.87. The van der Waals surface area contributed by atoms with E-state index in [0.717, 1.165) is 25.7 Å². The third kappa shape index (κ3) is 6.08. The molecule has 15 heavy (non-hydrogen) atoms. The maximum absolute atomic E-state index is 8.61. The highest BCUT2D eigenvalue weighted by Crippen LogP contribution is 2.11. The van der Waals surface area contributed by atoms with Crippen LogP contribution in [0.5, 0.6) is 0 Å². The number of aliphatic hydroxyl groups excluding tert-OH is 1. The fourth-order valence-electron chi connectivity index (χ4n) is 1.51. The van der Waals surface area contributed by atoms with Crippen molar-refractivity contribution in [3.05, 3.63) is 48.6 Å². The smallest absolute Gasteiger partial charge is 0.0431 e. The summed E-state index contributed by atoms with van der Waals surface area (Å²) in [5.41, 5.74) is 0. The standard InChI is InChI=1S/C14H20O/c15-13-9-5-1-2-6-10-14-11-7-3-4-8-12-14/h2-4,6-8,11-12,14-15H,1,5,9-10,13H2/b6-2-. The third-order valence-electron chi connectivity index (χ3n) is 2.40. The third-order valence-corrected chi connectivity index (χ3v) is 2.40. The Morgan fingerprint density at radius 2 is 1.67 bits per heavy atom. The van der Waals surface area contributed by atoms with Crippen molar-refractivity contribution in [2.75, 3.05) is 6.61 Å². The molecule has 1 heteroatoms. The summed E-state index contributed by atoms with van der Waals surface area (Å²) in [6, 6.07) is 0. The number of hydrogen-bond donors (Lipinski definition) is 1. The van der Waals surface area contributed by atoms with E-state index in [-0.39, 0.29) is 0 Å². The van der Waals surface area contributed by atoms with Crippen LogP contribution >= 0.6 is 0 Å². The summed E-state index contributed by atoms with van der Waals surface area (Å²) in [4.78, 5) is 0. The van der Waals surface area contributed by atoms with Gasteiger partial charge in [-0.25, -0.2) is 0 Å². The molecule has 0 aromatic heterocycles. The second-order valence-electron chi connectivity index (χ2n) is 3.75. The van der Waals surface area contributed by atoms with Gasteiger partial charge in [-0.3, -0.25) is 0 Å². The Morgan fingerprint density at radius 3 is 2.33 bits per heavy atom. The summed E-state index contributed by atoms with van der Waals surface area (Å²) < 4.78 is 0. The molecule has 0 unspecified atom stereocenters. The molecule has 0 bridgehead atoms. The summed E-state index contributed by atoms with van der Waals surface area (Å²) >= 11 is 0. The summed E-state index contributed by atoms with van der Waals surface area (Å²) in [6.07, 6.45) is 21.4. The first kappa shape index (κ1) is 12.0. The van der Waals surface area contributed by atoms with Crippen LogP contribution in [-0.2, 0) is 0 Å². The van der Waals surface area contributed by atoms with Crippen LogP contribution < -0.4 is 0 Å². The first-order valence-electron chi connectivity index (χ1n) is 5.71. The van der Waals surface area contributed by atoms with E-state index in [1.54, 1.807) is 0 Å². The van der Waals surface area contributed by atoms with E-state index in [1.165, 1.54) is 0 Å². The Morgan fingerprint density at radius 1 is 0.933 bits per heavy atom. The second-order valence-corrected chi connectivity index (χ2v) is 3.75. The number of unbranched alkanes of at least 4 members (excludes halogenated alkanes) is 2. The lowest BCUT2D eigenvalue weighted by atomic mass is 10.0. The Hall–Kier alpha value is -1.08. The zero-order valence-electron chi connectivity index (χ0n) is 9.18. The van der Waals surface area contributed by atoms with E-state index in [0.29, 0.717) is 12.5 Å². The predicted molar refractivity (Wildman–Crippen MR) is 65.6 cm³/mol. The molecule has 0 aliphatic heterocycles. The molecule has 0 aromatic carbocycles. The molecule has 1 rings (SSSR count). The molecule has 1 aliphatic rings. The molecule has 0 atom stereocenters. The van der Waals surface area contributed by atoms with Gasteiger partial charge in [0.1, 0.15) is 0 Å². The van der Waals surface area contributed by atoms with Crippen LogP contribution in [-0.4, -0.2) is 11.7 Å². The van der Waals surface area contributed by atoms with Gasteiger partial charge >= 0.3 is 0 Å². The normalized spacial score (nSPS) is 16.3. The maximum Gasteiger partial charge on any atom is 0.0431 e. The minimum atomic E-state index is 0.313. The number of hydrogen-bond acceptors (Lipinski definition) is 1. The van der Waals surface area contributed by atoms with E-state index in [4.69, 9.17) is 5.11 Å². The number of allylic oxidation sites excluding steroid dienone is 8. The van der Waals surface area contributed by atoms with E-state index >= 15 is 0 Å². The number of rotatable bonds is 6. The molecule has 0 saturated heterocycles. The average Bonchev–Trinajstić information content (AvgIpc) is 2.52. The molecule has 0 amide bonds. The van der Waals surface area contributed by atoms with Crippen molar-refractivity contribution in [1.29, 1.82) is 0 Å². The topological polar surface area (TPSA) is 20.2 Å². The molecule has 0 radical (unpaired) electrons. The van der Waals surface area contributed by atoms with E-state index in [1.807, 2.05) is 0 Å². The van der Waals surface area contributed by atoms with Gasteiger partial charge in [0.25, 0.3) is 0 Å². The highest BCUT2D eigenvalue weighted by Gasteiger charge is 1.96. The van der Waals surface area contributed by atoms with Gasteiger partial charge in [-0.2, -0.15) is 0 Å². The zero-order chi connectivity index (χ0) is 10.8. The Bertz CT molecular complexity index is 243. The van der Waals surface area contributed by atoms with Crippen molar-refractivity contribution >= 4 is 0 Å². The minimum Gasteiger partial charge on any atom is -0.396 e. The molecular formula is C14H20O. The van der Waals surface area contributed by atoms with E-state index in [9.17, 15) is 0 Å². The summed E-state index contributed by atoms with van der Waals surface area (Å²) in [5, 5.41) is 8.61. The molecule has 0 spiro atoms. The maximum atomic E-state index is 8.61. The lowest BCUT2D eigenvalue weighted by Gasteiger charge is -2.01. The van der Waals surface area contributed by atoms with Crippen LogP contribution in [0.1, 0.15) is 25.7 Å². The van der Waals surface area contributed by atoms with Crippen molar-refractivity contribution in [2.24, 2.45) is 5.92 Å². The number of aliphatic hydroxyl groups is 1. The monoisotopic (exact) mass is 204 g/mol. The van der Waals surface area contributed by atoms with Gasteiger partial charge in [0.2, 0.25) is 0 Å². The molecule has 1 N–H and O–H groups in total. The van der Waals surface area contributed by atoms with Crippen molar-refractivity contribution in [2.45, 2.75) is 25.7 Å². The van der Waals surface area contributed by atoms with Gasteiger partial charge in [-0.1, -0.05) is 48.6 Å². The summed E-state index contributed by atoms with van der Waals surface area (Å²) in [5.74, 6) is 0.536. The molecule has 1 aliphatic carbocycles. The molecule has 82 valence electrons. The summed E-state index contributed by atoms with van der Waals surface area (Å²) in [7, 11) is 0. The van der Waals surface area contributed by atoms with Gasteiger partial charge in [-0.05, 0) is 31.6 Å². The molecule has 1 nitrogen and oxygen atoms in total. The first-order valence-corrected chi connectivity index (χ1v) is 5.71. The molecule has 0 heterocycles. The van der Waals surface area contributed by atoms with Gasteiger partial charge < -0.3 is 5.11 Å². The predicted octanol–water partition coefficient (Wildman–Crippen LogP) is 3.39. The minimum absolute atomic E-state index is 0.313. The quantitative estimate of drug-likeness (QED) is 0.519. The molecule has 0 saturated carbocycles. The van der Waals surface area contributed by atoms with Crippen molar-refractivity contribution in [3.8, 4) is 0 Å². The fourth-order valence-corrected chi connectivity index (χ4v) is 1.51. The average molecular weight is 204 g/mol. The van der Waals surface area contributed by atoms with Gasteiger partial charge in [0.15, 0.2) is 0 Å². The second kappa shape index (κ2) is 8.25. The highest BCUT2D eigenvalue weighted by atomic mass is 16.2. The Balaban J connectivity index is 2.13. The van der Waals surface area contributed by atoms with Gasteiger partial charge in [0, 0.05) is 6.61 Å². The fraction of sp³-hybridized carbons (Fsp3) is 0.429. The molecule has 0 fully saturated rings.